The van der Waals surface area contributed by atoms with Crippen molar-refractivity contribution in [1.82, 2.24) is 15.0 Å². The van der Waals surface area contributed by atoms with Crippen LogP contribution in [0.15, 0.2) is 71.8 Å². The number of carbonyl (C=O) groups excluding carboxylic acids is 3. The highest BCUT2D eigenvalue weighted by atomic mass is 32.2. The minimum atomic E-state index is -4.22. The Balaban J connectivity index is 1.55. The predicted molar refractivity (Wildman–Crippen MR) is 127 cm³/mol. The smallest absolute Gasteiger partial charge is 0.497 e. The van der Waals surface area contributed by atoms with Gasteiger partial charge in [0.05, 0.1) is 24.7 Å². The van der Waals surface area contributed by atoms with Gasteiger partial charge in [-0.3, -0.25) is 9.59 Å². The third-order valence-corrected chi connectivity index (χ3v) is 6.21. The Kier molecular flexibility index (Phi) is 8.57. The number of carbonyl (C=O) groups is 3. The highest BCUT2D eigenvalue weighted by molar-refractivity contribution is 7.90. The van der Waals surface area contributed by atoms with Crippen LogP contribution in [0.5, 0.6) is 11.6 Å². The van der Waals surface area contributed by atoms with E-state index in [-0.39, 0.29) is 27.8 Å². The number of ether oxygens (including phenoxy) is 3. The van der Waals surface area contributed by atoms with Crippen LogP contribution in [0.2, 0.25) is 0 Å². The van der Waals surface area contributed by atoms with E-state index in [9.17, 15) is 22.8 Å². The number of nitrogens with zero attached hydrogens (tertiary/aromatic N) is 1. The fourth-order valence-electron chi connectivity index (χ4n) is 2.94. The average Bonchev–Trinajstić information content (AvgIpc) is 2.89. The Labute approximate surface area is 207 Å². The van der Waals surface area contributed by atoms with Crippen LogP contribution in [0, 0.1) is 0 Å². The van der Waals surface area contributed by atoms with Crippen molar-refractivity contribution >= 4 is 28.0 Å². The van der Waals surface area contributed by atoms with Gasteiger partial charge in [-0.15, -0.1) is 0 Å². The molecule has 0 saturated heterocycles. The summed E-state index contributed by atoms with van der Waals surface area (Å²) < 4.78 is 41.2. The molecule has 0 bridgehead atoms. The van der Waals surface area contributed by atoms with E-state index in [0.717, 1.165) is 24.6 Å². The molecule has 0 radical (unpaired) electrons. The zero-order valence-corrected chi connectivity index (χ0v) is 20.2. The molecule has 0 aliphatic rings. The standard InChI is InChI=1S/C24H23N3O8S/c1-33-19-8-3-16(4-9-19)13-14-25-22(28)17-5-10-20(11-6-17)36(31,32)27-23(29)18-7-12-21(26-15-18)35-24(30)34-2/h3-12,15H,13-14H2,1-2H3,(H,25,28)(H,27,29). The maximum Gasteiger partial charge on any atom is 0.514 e. The van der Waals surface area contributed by atoms with E-state index >= 15 is 0 Å². The lowest BCUT2D eigenvalue weighted by Gasteiger charge is -2.09. The molecular weight excluding hydrogens is 490 g/mol. The SMILES string of the molecule is COC(=O)Oc1ccc(C(=O)NS(=O)(=O)c2ccc(C(=O)NCCc3ccc(OC)cc3)cc2)cn1. The number of hydrogen-bond acceptors (Lipinski definition) is 9. The molecule has 0 aliphatic carbocycles. The van der Waals surface area contributed by atoms with Gasteiger partial charge in [-0.1, -0.05) is 12.1 Å². The number of nitrogens with one attached hydrogen (secondary N) is 2. The van der Waals surface area contributed by atoms with E-state index in [1.54, 1.807) is 7.11 Å². The molecule has 1 heterocycles. The summed E-state index contributed by atoms with van der Waals surface area (Å²) in [6.07, 6.45) is 0.665. The van der Waals surface area contributed by atoms with Gasteiger partial charge in [-0.25, -0.2) is 22.9 Å². The topological polar surface area (TPSA) is 150 Å². The second-order valence-electron chi connectivity index (χ2n) is 7.25. The van der Waals surface area contributed by atoms with Crippen molar-refractivity contribution in [2.24, 2.45) is 0 Å². The molecule has 0 spiro atoms. The van der Waals surface area contributed by atoms with Crippen molar-refractivity contribution in [3.05, 3.63) is 83.6 Å². The lowest BCUT2D eigenvalue weighted by atomic mass is 10.1. The predicted octanol–water partition coefficient (Wildman–Crippen LogP) is 2.33. The highest BCUT2D eigenvalue weighted by Crippen LogP contribution is 2.14. The second-order valence-corrected chi connectivity index (χ2v) is 8.94. The summed E-state index contributed by atoms with van der Waals surface area (Å²) in [6, 6.07) is 15.1. The van der Waals surface area contributed by atoms with Gasteiger partial charge in [0.15, 0.2) is 0 Å². The number of hydrogen-bond donors (Lipinski definition) is 2. The van der Waals surface area contributed by atoms with Crippen LogP contribution in [0.3, 0.4) is 0 Å². The van der Waals surface area contributed by atoms with Crippen molar-refractivity contribution in [3.63, 3.8) is 0 Å². The number of rotatable bonds is 9. The fraction of sp³-hybridized carbons (Fsp3) is 0.167. The first-order valence-corrected chi connectivity index (χ1v) is 12.0. The van der Waals surface area contributed by atoms with Gasteiger partial charge in [0.2, 0.25) is 5.88 Å². The monoisotopic (exact) mass is 513 g/mol. The summed E-state index contributed by atoms with van der Waals surface area (Å²) in [5.41, 5.74) is 1.21. The zero-order chi connectivity index (χ0) is 26.1. The van der Waals surface area contributed by atoms with Gasteiger partial charge in [0.25, 0.3) is 21.8 Å². The Hall–Kier alpha value is -4.45. The number of benzene rings is 2. The first-order valence-electron chi connectivity index (χ1n) is 10.5. The van der Waals surface area contributed by atoms with Gasteiger partial charge >= 0.3 is 6.16 Å². The van der Waals surface area contributed by atoms with Gasteiger partial charge in [-0.2, -0.15) is 0 Å². The van der Waals surface area contributed by atoms with E-state index in [1.165, 1.54) is 36.4 Å². The molecule has 0 unspecified atom stereocenters. The molecule has 0 saturated carbocycles. The van der Waals surface area contributed by atoms with Crippen molar-refractivity contribution in [2.45, 2.75) is 11.3 Å². The molecule has 12 heteroatoms. The second kappa shape index (κ2) is 11.8. The summed E-state index contributed by atoms with van der Waals surface area (Å²) >= 11 is 0. The van der Waals surface area contributed by atoms with E-state index in [4.69, 9.17) is 9.47 Å². The quantitative estimate of drug-likeness (QED) is 0.411. The maximum atomic E-state index is 12.6. The lowest BCUT2D eigenvalue weighted by Crippen LogP contribution is -2.31. The Morgan fingerprint density at radius 1 is 0.861 bits per heavy atom. The number of aromatic nitrogens is 1. The molecule has 11 nitrogen and oxygen atoms in total. The van der Waals surface area contributed by atoms with Crippen LogP contribution in [0.25, 0.3) is 0 Å². The highest BCUT2D eigenvalue weighted by Gasteiger charge is 2.20. The third-order valence-electron chi connectivity index (χ3n) is 4.87. The molecule has 3 aromatic rings. The molecule has 0 aliphatic heterocycles. The van der Waals surface area contributed by atoms with Gasteiger partial charge < -0.3 is 19.5 Å². The first-order chi connectivity index (χ1) is 17.2. The molecular formula is C24H23N3O8S. The summed E-state index contributed by atoms with van der Waals surface area (Å²) in [7, 11) is -1.51. The average molecular weight is 514 g/mol. The van der Waals surface area contributed by atoms with Crippen LogP contribution >= 0.6 is 0 Å². The van der Waals surface area contributed by atoms with E-state index < -0.39 is 22.1 Å². The van der Waals surface area contributed by atoms with Crippen LogP contribution < -0.4 is 19.5 Å². The summed E-state index contributed by atoms with van der Waals surface area (Å²) in [5.74, 6) is -0.683. The van der Waals surface area contributed by atoms with Crippen LogP contribution in [-0.2, 0) is 21.2 Å². The normalized spacial score (nSPS) is 10.7. The van der Waals surface area contributed by atoms with E-state index in [2.05, 4.69) is 15.0 Å². The van der Waals surface area contributed by atoms with E-state index in [0.29, 0.717) is 13.0 Å². The lowest BCUT2D eigenvalue weighted by molar-refractivity contribution is 0.0951. The third kappa shape index (κ3) is 7.03. The largest absolute Gasteiger partial charge is 0.514 e. The minimum absolute atomic E-state index is 0.0800. The Morgan fingerprint density at radius 3 is 2.11 bits per heavy atom. The first kappa shape index (κ1) is 26.2. The minimum Gasteiger partial charge on any atom is -0.497 e. The fourth-order valence-corrected chi connectivity index (χ4v) is 3.92. The Bertz CT molecular complexity index is 1320. The molecule has 2 amide bonds. The van der Waals surface area contributed by atoms with Gasteiger partial charge in [0.1, 0.15) is 5.75 Å². The van der Waals surface area contributed by atoms with Crippen molar-refractivity contribution in [2.75, 3.05) is 20.8 Å². The summed E-state index contributed by atoms with van der Waals surface area (Å²) in [5, 5.41) is 2.77. The van der Waals surface area contributed by atoms with Crippen molar-refractivity contribution in [3.8, 4) is 11.6 Å². The molecule has 0 atom stereocenters. The maximum absolute atomic E-state index is 12.6. The molecule has 2 N–H and O–H groups in total. The van der Waals surface area contributed by atoms with Crippen molar-refractivity contribution in [1.29, 1.82) is 0 Å². The number of amides is 2. The molecule has 0 fully saturated rings. The Morgan fingerprint density at radius 2 is 1.53 bits per heavy atom. The number of pyridine rings is 1. The zero-order valence-electron chi connectivity index (χ0n) is 19.4. The van der Waals surface area contributed by atoms with Crippen LogP contribution in [0.1, 0.15) is 26.3 Å². The van der Waals surface area contributed by atoms with Gasteiger partial charge in [-0.05, 0) is 54.4 Å². The molecule has 36 heavy (non-hydrogen) atoms. The summed E-state index contributed by atoms with van der Waals surface area (Å²) in [4.78, 5) is 39.3. The molecule has 3 rings (SSSR count). The molecule has 1 aromatic heterocycles. The summed E-state index contributed by atoms with van der Waals surface area (Å²) in [6.45, 7) is 0.388. The van der Waals surface area contributed by atoms with Crippen LogP contribution in [-0.4, -0.2) is 52.1 Å². The number of sulfonamides is 1. The molecule has 188 valence electrons. The van der Waals surface area contributed by atoms with Gasteiger partial charge in [0, 0.05) is 24.4 Å². The van der Waals surface area contributed by atoms with E-state index in [1.807, 2.05) is 29.0 Å². The number of methoxy groups -OCH3 is 2. The molecule has 2 aromatic carbocycles. The van der Waals surface area contributed by atoms with Crippen molar-refractivity contribution < 1.29 is 37.0 Å². The van der Waals surface area contributed by atoms with Crippen LogP contribution in [0.4, 0.5) is 4.79 Å².